The van der Waals surface area contributed by atoms with Gasteiger partial charge >= 0.3 is 11.9 Å². The first kappa shape index (κ1) is 27.3. The largest absolute Gasteiger partial charge is 0.494 e. The van der Waals surface area contributed by atoms with Gasteiger partial charge in [-0.05, 0) is 83.6 Å². The molecule has 0 amide bonds. The Kier molecular flexibility index (Phi) is 7.24. The molecule has 1 saturated heterocycles. The van der Waals surface area contributed by atoms with Gasteiger partial charge in [0.1, 0.15) is 17.2 Å². The van der Waals surface area contributed by atoms with Gasteiger partial charge in [0.15, 0.2) is 5.69 Å². The molecule has 1 heterocycles. The van der Waals surface area contributed by atoms with E-state index in [-0.39, 0.29) is 0 Å². The van der Waals surface area contributed by atoms with Crippen LogP contribution in [-0.4, -0.2) is 31.3 Å². The number of fused-ring (bicyclic) bond motifs is 3. The van der Waals surface area contributed by atoms with Crippen LogP contribution in [0.15, 0.2) is 84.9 Å². The summed E-state index contributed by atoms with van der Waals surface area (Å²) in [5.74, 6) is 0.668. The molecule has 0 aromatic heterocycles. The molecule has 1 unspecified atom stereocenters. The number of carbonyl (C=O) groups excluding carboxylic acids is 2. The third-order valence-corrected chi connectivity index (χ3v) is 7.70. The molecule has 4 aromatic carbocycles. The van der Waals surface area contributed by atoms with Crippen molar-refractivity contribution in [1.82, 2.24) is 0 Å². The van der Waals surface area contributed by atoms with Gasteiger partial charge in [0, 0.05) is 5.41 Å². The lowest BCUT2D eigenvalue weighted by molar-refractivity contribution is 0.0725. The third-order valence-electron chi connectivity index (χ3n) is 7.70. The lowest BCUT2D eigenvalue weighted by Gasteiger charge is -2.22. The quantitative estimate of drug-likeness (QED) is 0.0693. The minimum Gasteiger partial charge on any atom is -0.494 e. The molecule has 1 fully saturated rings. The van der Waals surface area contributed by atoms with Gasteiger partial charge in [-0.1, -0.05) is 50.2 Å². The monoisotopic (exact) mass is 559 g/mol. The van der Waals surface area contributed by atoms with E-state index in [4.69, 9.17) is 25.5 Å². The summed E-state index contributed by atoms with van der Waals surface area (Å²) in [5.41, 5.74) is 4.95. The Morgan fingerprint density at radius 1 is 0.810 bits per heavy atom. The highest BCUT2D eigenvalue weighted by atomic mass is 16.6. The normalized spacial score (nSPS) is 15.6. The SMILES string of the molecule is [C-]#[N+]c1ccc(C(=O)Oc2ccc3c(c2)C(C)(C)c2cc(OC(=O)c4ccc(OCCCC5CO5)cc4)ccc2-3)cc1. The van der Waals surface area contributed by atoms with Crippen LogP contribution in [0.1, 0.15) is 58.5 Å². The lowest BCUT2D eigenvalue weighted by Crippen LogP contribution is -2.16. The summed E-state index contributed by atoms with van der Waals surface area (Å²) in [7, 11) is 0. The van der Waals surface area contributed by atoms with E-state index in [1.807, 2.05) is 24.3 Å². The van der Waals surface area contributed by atoms with E-state index in [0.717, 1.165) is 41.7 Å². The Morgan fingerprint density at radius 2 is 1.31 bits per heavy atom. The molecule has 42 heavy (non-hydrogen) atoms. The Bertz CT molecular complexity index is 1700. The van der Waals surface area contributed by atoms with Gasteiger partial charge in [-0.15, -0.1) is 0 Å². The van der Waals surface area contributed by atoms with Crippen LogP contribution >= 0.6 is 0 Å². The summed E-state index contributed by atoms with van der Waals surface area (Å²) in [6.07, 6.45) is 2.33. The Balaban J connectivity index is 1.13. The fourth-order valence-electron chi connectivity index (χ4n) is 5.25. The minimum atomic E-state index is -0.489. The fourth-order valence-corrected chi connectivity index (χ4v) is 5.25. The minimum absolute atomic E-state index is 0.374. The van der Waals surface area contributed by atoms with Crippen LogP contribution < -0.4 is 14.2 Å². The molecule has 1 atom stereocenters. The Hall–Kier alpha value is -4.93. The average molecular weight is 560 g/mol. The lowest BCUT2D eigenvalue weighted by atomic mass is 9.82. The first-order valence-electron chi connectivity index (χ1n) is 13.9. The van der Waals surface area contributed by atoms with Crippen LogP contribution in [0, 0.1) is 6.57 Å². The number of hydrogen-bond acceptors (Lipinski definition) is 6. The molecule has 1 aliphatic carbocycles. The molecule has 0 radical (unpaired) electrons. The van der Waals surface area contributed by atoms with Gasteiger partial charge in [-0.25, -0.2) is 14.4 Å². The van der Waals surface area contributed by atoms with Crippen molar-refractivity contribution in [1.29, 1.82) is 0 Å². The molecule has 0 spiro atoms. The number of hydrogen-bond donors (Lipinski definition) is 0. The van der Waals surface area contributed by atoms with E-state index in [0.29, 0.717) is 46.8 Å². The van der Waals surface area contributed by atoms with E-state index >= 15 is 0 Å². The van der Waals surface area contributed by atoms with E-state index in [9.17, 15) is 9.59 Å². The molecule has 6 rings (SSSR count). The standard InChI is InChI=1S/C35H29NO6/c1-35(2)31-19-26(41-33(37)22-6-10-24(36-3)11-7-22)14-16-29(31)30-17-15-27(20-32(30)35)42-34(38)23-8-12-25(13-9-23)39-18-4-5-28-21-40-28/h6-17,19-20,28H,4-5,18,21H2,1-2H3. The molecule has 0 bridgehead atoms. The molecule has 2 aliphatic rings. The van der Waals surface area contributed by atoms with E-state index in [1.54, 1.807) is 60.7 Å². The molecule has 4 aromatic rings. The summed E-state index contributed by atoms with van der Waals surface area (Å²) < 4.78 is 22.4. The average Bonchev–Trinajstić information content (AvgIpc) is 3.81. The van der Waals surface area contributed by atoms with Crippen molar-refractivity contribution in [2.24, 2.45) is 0 Å². The topological polar surface area (TPSA) is 78.7 Å². The number of ether oxygens (including phenoxy) is 4. The Morgan fingerprint density at radius 3 is 1.81 bits per heavy atom. The number of rotatable bonds is 9. The maximum absolute atomic E-state index is 12.9. The molecule has 1 aliphatic heterocycles. The summed E-state index contributed by atoms with van der Waals surface area (Å²) in [6, 6.07) is 24.6. The zero-order valence-corrected chi connectivity index (χ0v) is 23.4. The van der Waals surface area contributed by atoms with Crippen molar-refractivity contribution in [3.8, 4) is 28.4 Å². The van der Waals surface area contributed by atoms with Crippen molar-refractivity contribution >= 4 is 17.6 Å². The van der Waals surface area contributed by atoms with Gasteiger partial charge in [0.2, 0.25) is 0 Å². The number of carbonyl (C=O) groups is 2. The van der Waals surface area contributed by atoms with Crippen LogP contribution in [0.4, 0.5) is 5.69 Å². The van der Waals surface area contributed by atoms with Gasteiger partial charge < -0.3 is 18.9 Å². The number of esters is 2. The summed E-state index contributed by atoms with van der Waals surface area (Å²) in [4.78, 5) is 29.0. The van der Waals surface area contributed by atoms with Crippen LogP contribution in [0.5, 0.6) is 17.2 Å². The zero-order chi connectivity index (χ0) is 29.3. The summed E-state index contributed by atoms with van der Waals surface area (Å²) in [6.45, 7) is 12.7. The van der Waals surface area contributed by atoms with Gasteiger partial charge in [0.25, 0.3) is 0 Å². The van der Waals surface area contributed by atoms with Crippen molar-refractivity contribution in [3.63, 3.8) is 0 Å². The highest BCUT2D eigenvalue weighted by molar-refractivity contribution is 5.92. The van der Waals surface area contributed by atoms with E-state index < -0.39 is 17.4 Å². The van der Waals surface area contributed by atoms with Crippen molar-refractivity contribution < 1.29 is 28.5 Å². The van der Waals surface area contributed by atoms with E-state index in [1.165, 1.54) is 0 Å². The fraction of sp³-hybridized carbons (Fsp3) is 0.229. The number of benzene rings is 4. The molecular weight excluding hydrogens is 530 g/mol. The molecule has 7 heteroatoms. The van der Waals surface area contributed by atoms with Gasteiger partial charge in [0.05, 0.1) is 37.0 Å². The third kappa shape index (κ3) is 5.63. The second-order valence-electron chi connectivity index (χ2n) is 10.9. The van der Waals surface area contributed by atoms with Crippen molar-refractivity contribution in [2.75, 3.05) is 13.2 Å². The van der Waals surface area contributed by atoms with Gasteiger partial charge in [-0.2, -0.15) is 0 Å². The first-order valence-corrected chi connectivity index (χ1v) is 13.9. The zero-order valence-electron chi connectivity index (χ0n) is 23.4. The first-order chi connectivity index (χ1) is 20.3. The summed E-state index contributed by atoms with van der Waals surface area (Å²) >= 11 is 0. The maximum atomic E-state index is 12.9. The molecule has 210 valence electrons. The van der Waals surface area contributed by atoms with Crippen LogP contribution in [0.3, 0.4) is 0 Å². The molecule has 0 N–H and O–H groups in total. The number of epoxide rings is 1. The second kappa shape index (κ2) is 11.2. The van der Waals surface area contributed by atoms with Gasteiger partial charge in [-0.3, -0.25) is 0 Å². The predicted molar refractivity (Wildman–Crippen MR) is 158 cm³/mol. The summed E-state index contributed by atoms with van der Waals surface area (Å²) in [5, 5.41) is 0. The second-order valence-corrected chi connectivity index (χ2v) is 10.9. The van der Waals surface area contributed by atoms with Crippen LogP contribution in [0.2, 0.25) is 0 Å². The Labute approximate surface area is 244 Å². The van der Waals surface area contributed by atoms with Crippen molar-refractivity contribution in [2.45, 2.75) is 38.2 Å². The highest BCUT2D eigenvalue weighted by Gasteiger charge is 2.36. The van der Waals surface area contributed by atoms with Crippen LogP contribution in [0.25, 0.3) is 16.0 Å². The number of nitrogens with zero attached hydrogens (tertiary/aromatic N) is 1. The molecule has 0 saturated carbocycles. The smallest absolute Gasteiger partial charge is 0.343 e. The molecular formula is C35H29NO6. The predicted octanol–water partition coefficient (Wildman–Crippen LogP) is 7.54. The maximum Gasteiger partial charge on any atom is 0.343 e. The van der Waals surface area contributed by atoms with E-state index in [2.05, 4.69) is 18.7 Å². The van der Waals surface area contributed by atoms with Crippen LogP contribution in [-0.2, 0) is 10.2 Å². The molecule has 7 nitrogen and oxygen atoms in total. The van der Waals surface area contributed by atoms with Crippen molar-refractivity contribution in [3.05, 3.63) is 119 Å². The highest BCUT2D eigenvalue weighted by Crippen LogP contribution is 2.50.